The van der Waals surface area contributed by atoms with Gasteiger partial charge in [-0.05, 0) is 0 Å². The molecule has 1 aliphatic rings. The second-order valence-corrected chi connectivity index (χ2v) is 3.84. The monoisotopic (exact) mass is 253 g/mol. The fourth-order valence-corrected chi connectivity index (χ4v) is 1.78. The Balaban J connectivity index is 2.38. The Kier molecular flexibility index (Phi) is 3.11. The Bertz CT molecular complexity index is 493. The van der Waals surface area contributed by atoms with Crippen molar-refractivity contribution >= 4 is 17.8 Å². The van der Waals surface area contributed by atoms with Crippen molar-refractivity contribution in [2.24, 2.45) is 7.05 Å². The summed E-state index contributed by atoms with van der Waals surface area (Å²) in [5, 5.41) is 13.0. The molecular weight excluding hydrogens is 242 g/mol. The van der Waals surface area contributed by atoms with Gasteiger partial charge < -0.3 is 9.84 Å². The Morgan fingerprint density at radius 3 is 2.50 bits per heavy atom. The Labute approximate surface area is 102 Å². The lowest BCUT2D eigenvalue weighted by Gasteiger charge is -2.29. The van der Waals surface area contributed by atoms with E-state index in [2.05, 4.69) is 5.10 Å². The number of hydrogen-bond acceptors (Lipinski definition) is 5. The highest BCUT2D eigenvalue weighted by Gasteiger charge is 2.38. The Morgan fingerprint density at radius 1 is 1.44 bits per heavy atom. The highest BCUT2D eigenvalue weighted by molar-refractivity contribution is 6.01. The maximum Gasteiger partial charge on any atom is 0.331 e. The van der Waals surface area contributed by atoms with E-state index in [1.54, 1.807) is 7.05 Å². The van der Waals surface area contributed by atoms with Gasteiger partial charge in [0.2, 0.25) is 0 Å². The molecule has 2 amide bonds. The van der Waals surface area contributed by atoms with Gasteiger partial charge in [-0.3, -0.25) is 19.2 Å². The minimum atomic E-state index is -1.36. The summed E-state index contributed by atoms with van der Waals surface area (Å²) >= 11 is 0. The van der Waals surface area contributed by atoms with Crippen molar-refractivity contribution in [2.45, 2.75) is 6.04 Å². The maximum absolute atomic E-state index is 11.6. The third-order valence-corrected chi connectivity index (χ3v) is 2.52. The van der Waals surface area contributed by atoms with Crippen LogP contribution in [0.25, 0.3) is 0 Å². The summed E-state index contributed by atoms with van der Waals surface area (Å²) in [5.41, 5.74) is 0.272. The number of aryl methyl sites for hydroxylation is 1. The predicted molar refractivity (Wildman–Crippen MR) is 56.3 cm³/mol. The van der Waals surface area contributed by atoms with Gasteiger partial charge in [0.25, 0.3) is 11.8 Å². The number of nitrogens with zero attached hydrogens (tertiary/aromatic N) is 3. The van der Waals surface area contributed by atoms with E-state index in [0.29, 0.717) is 4.90 Å². The van der Waals surface area contributed by atoms with Crippen molar-refractivity contribution in [3.05, 3.63) is 18.0 Å². The largest absolute Gasteiger partial charge is 0.479 e. The van der Waals surface area contributed by atoms with E-state index in [1.807, 2.05) is 0 Å². The molecule has 0 aromatic carbocycles. The third kappa shape index (κ3) is 2.09. The van der Waals surface area contributed by atoms with E-state index in [4.69, 9.17) is 4.74 Å². The molecule has 8 heteroatoms. The van der Waals surface area contributed by atoms with Gasteiger partial charge in [0.15, 0.2) is 6.04 Å². The molecule has 0 aliphatic carbocycles. The highest BCUT2D eigenvalue weighted by atomic mass is 16.5. The number of carboxylic acids is 1. The standard InChI is InChI=1S/C10H11N3O5/c1-12-3-6(2-11-12)9(10(16)17)13-7(14)4-18-5-8(13)15/h2-3,9H,4-5H2,1H3,(H,16,17). The molecule has 2 heterocycles. The van der Waals surface area contributed by atoms with Crippen molar-refractivity contribution in [1.29, 1.82) is 0 Å². The summed E-state index contributed by atoms with van der Waals surface area (Å²) in [7, 11) is 1.62. The van der Waals surface area contributed by atoms with Crippen LogP contribution in [0.5, 0.6) is 0 Å². The first-order valence-electron chi connectivity index (χ1n) is 5.14. The zero-order valence-electron chi connectivity index (χ0n) is 9.57. The molecule has 1 aliphatic heterocycles. The maximum atomic E-state index is 11.6. The van der Waals surface area contributed by atoms with Crippen molar-refractivity contribution in [2.75, 3.05) is 13.2 Å². The number of morpholine rings is 1. The minimum Gasteiger partial charge on any atom is -0.479 e. The first-order chi connectivity index (χ1) is 8.50. The number of rotatable bonds is 3. The average Bonchev–Trinajstić information content (AvgIpc) is 2.69. The van der Waals surface area contributed by atoms with Crippen LogP contribution in [0.1, 0.15) is 11.6 Å². The van der Waals surface area contributed by atoms with Crippen LogP contribution in [0, 0.1) is 0 Å². The van der Waals surface area contributed by atoms with Crippen LogP contribution in [-0.2, 0) is 26.2 Å². The highest BCUT2D eigenvalue weighted by Crippen LogP contribution is 2.22. The van der Waals surface area contributed by atoms with E-state index in [0.717, 1.165) is 0 Å². The second-order valence-electron chi connectivity index (χ2n) is 3.84. The van der Waals surface area contributed by atoms with Crippen LogP contribution >= 0.6 is 0 Å². The van der Waals surface area contributed by atoms with E-state index < -0.39 is 23.8 Å². The first-order valence-corrected chi connectivity index (χ1v) is 5.14. The van der Waals surface area contributed by atoms with Gasteiger partial charge >= 0.3 is 5.97 Å². The molecule has 96 valence electrons. The minimum absolute atomic E-state index is 0.272. The lowest BCUT2D eigenvalue weighted by Crippen LogP contribution is -2.50. The molecule has 0 spiro atoms. The number of carboxylic acid groups (broad SMARTS) is 1. The van der Waals surface area contributed by atoms with Gasteiger partial charge in [0.05, 0.1) is 6.20 Å². The fourth-order valence-electron chi connectivity index (χ4n) is 1.78. The summed E-state index contributed by atoms with van der Waals surface area (Å²) < 4.78 is 6.14. The van der Waals surface area contributed by atoms with Gasteiger partial charge in [-0.2, -0.15) is 5.10 Å². The molecule has 1 unspecified atom stereocenters. The number of aromatic nitrogens is 2. The molecule has 0 saturated carbocycles. The molecule has 1 saturated heterocycles. The third-order valence-electron chi connectivity index (χ3n) is 2.52. The molecule has 8 nitrogen and oxygen atoms in total. The fraction of sp³-hybridized carbons (Fsp3) is 0.400. The molecule has 18 heavy (non-hydrogen) atoms. The zero-order valence-corrected chi connectivity index (χ0v) is 9.57. The molecule has 1 fully saturated rings. The first kappa shape index (κ1) is 12.2. The average molecular weight is 253 g/mol. The summed E-state index contributed by atoms with van der Waals surface area (Å²) in [5.74, 6) is -2.61. The van der Waals surface area contributed by atoms with Gasteiger partial charge in [0, 0.05) is 18.8 Å². The van der Waals surface area contributed by atoms with Crippen LogP contribution in [0.2, 0.25) is 0 Å². The van der Waals surface area contributed by atoms with Crippen LogP contribution < -0.4 is 0 Å². The van der Waals surface area contributed by atoms with Crippen molar-refractivity contribution in [3.8, 4) is 0 Å². The number of ether oxygens (including phenoxy) is 1. The molecule has 1 atom stereocenters. The van der Waals surface area contributed by atoms with Crippen LogP contribution in [-0.4, -0.2) is 50.8 Å². The number of carbonyl (C=O) groups excluding carboxylic acids is 2. The number of amides is 2. The molecule has 1 aromatic rings. The lowest BCUT2D eigenvalue weighted by atomic mass is 10.1. The van der Waals surface area contributed by atoms with E-state index in [9.17, 15) is 19.5 Å². The molecule has 1 aromatic heterocycles. The van der Waals surface area contributed by atoms with Gasteiger partial charge in [-0.25, -0.2) is 4.79 Å². The van der Waals surface area contributed by atoms with Gasteiger partial charge in [-0.15, -0.1) is 0 Å². The normalized spacial score (nSPS) is 17.9. The number of hydrogen-bond donors (Lipinski definition) is 1. The summed E-state index contributed by atoms with van der Waals surface area (Å²) in [6, 6.07) is -1.36. The van der Waals surface area contributed by atoms with Crippen molar-refractivity contribution < 1.29 is 24.2 Å². The molecular formula is C10H11N3O5. The predicted octanol–water partition coefficient (Wildman–Crippen LogP) is -1.07. The topological polar surface area (TPSA) is 102 Å². The molecule has 1 N–H and O–H groups in total. The summed E-state index contributed by atoms with van der Waals surface area (Å²) in [6.07, 6.45) is 2.77. The lowest BCUT2D eigenvalue weighted by molar-refractivity contribution is -0.168. The van der Waals surface area contributed by atoms with Crippen LogP contribution in [0.4, 0.5) is 0 Å². The molecule has 0 radical (unpaired) electrons. The van der Waals surface area contributed by atoms with E-state index in [-0.39, 0.29) is 18.8 Å². The van der Waals surface area contributed by atoms with Gasteiger partial charge in [-0.1, -0.05) is 0 Å². The quantitative estimate of drug-likeness (QED) is 0.688. The van der Waals surface area contributed by atoms with Crippen LogP contribution in [0.15, 0.2) is 12.4 Å². The zero-order chi connectivity index (χ0) is 13.3. The summed E-state index contributed by atoms with van der Waals surface area (Å²) in [6.45, 7) is -0.592. The van der Waals surface area contributed by atoms with Crippen LogP contribution in [0.3, 0.4) is 0 Å². The van der Waals surface area contributed by atoms with Crippen molar-refractivity contribution in [3.63, 3.8) is 0 Å². The second kappa shape index (κ2) is 4.57. The summed E-state index contributed by atoms with van der Waals surface area (Å²) in [4.78, 5) is 35.2. The van der Waals surface area contributed by atoms with E-state index >= 15 is 0 Å². The van der Waals surface area contributed by atoms with E-state index in [1.165, 1.54) is 17.1 Å². The molecule has 0 bridgehead atoms. The number of aliphatic carboxylic acids is 1. The number of imide groups is 1. The Morgan fingerprint density at radius 2 is 2.06 bits per heavy atom. The molecule has 2 rings (SSSR count). The van der Waals surface area contributed by atoms with Crippen molar-refractivity contribution in [1.82, 2.24) is 14.7 Å². The number of carbonyl (C=O) groups is 3. The Hall–Kier alpha value is -2.22. The SMILES string of the molecule is Cn1cc(C(C(=O)O)N2C(=O)COCC2=O)cn1. The van der Waals surface area contributed by atoms with Gasteiger partial charge in [0.1, 0.15) is 13.2 Å². The smallest absolute Gasteiger partial charge is 0.331 e.